The standard InChI is InChI=1S/C19H18N6O/c1-11-7-12(9-20)3-6-14(11)22-16-8-15-17(21-10-25(15)2)18(23-16)24-19(26)13-4-5-13/h3,6-8,10,13H,4-5H2,1-2H3,(H2,22,23,24,26). The van der Waals surface area contributed by atoms with E-state index >= 15 is 0 Å². The molecule has 2 heterocycles. The van der Waals surface area contributed by atoms with Crippen molar-refractivity contribution in [2.75, 3.05) is 10.6 Å². The number of pyridine rings is 1. The first-order chi connectivity index (χ1) is 12.5. The Labute approximate surface area is 150 Å². The number of imidazole rings is 1. The first-order valence-electron chi connectivity index (χ1n) is 8.46. The molecule has 2 N–H and O–H groups in total. The number of aromatic nitrogens is 3. The van der Waals surface area contributed by atoms with Crippen molar-refractivity contribution in [3.8, 4) is 6.07 Å². The smallest absolute Gasteiger partial charge is 0.228 e. The summed E-state index contributed by atoms with van der Waals surface area (Å²) >= 11 is 0. The molecule has 0 radical (unpaired) electrons. The predicted octanol–water partition coefficient (Wildman–Crippen LogP) is 3.24. The van der Waals surface area contributed by atoms with E-state index in [4.69, 9.17) is 5.26 Å². The highest BCUT2D eigenvalue weighted by atomic mass is 16.2. The molecule has 0 atom stereocenters. The topological polar surface area (TPSA) is 95.6 Å². The minimum atomic E-state index is -0.00356. The van der Waals surface area contributed by atoms with Crippen LogP contribution in [-0.2, 0) is 11.8 Å². The first-order valence-corrected chi connectivity index (χ1v) is 8.46. The van der Waals surface area contributed by atoms with Gasteiger partial charge in [0.05, 0.1) is 23.5 Å². The van der Waals surface area contributed by atoms with Gasteiger partial charge < -0.3 is 15.2 Å². The molecular formula is C19H18N6O. The maximum Gasteiger partial charge on any atom is 0.228 e. The van der Waals surface area contributed by atoms with Crippen LogP contribution in [0.15, 0.2) is 30.6 Å². The van der Waals surface area contributed by atoms with Crippen LogP contribution in [0.5, 0.6) is 0 Å². The molecule has 0 aliphatic heterocycles. The molecule has 1 saturated carbocycles. The van der Waals surface area contributed by atoms with Gasteiger partial charge in [0.25, 0.3) is 0 Å². The number of carbonyl (C=O) groups is 1. The van der Waals surface area contributed by atoms with Crippen LogP contribution in [-0.4, -0.2) is 20.4 Å². The van der Waals surface area contributed by atoms with Crippen LogP contribution in [0.2, 0.25) is 0 Å². The summed E-state index contributed by atoms with van der Waals surface area (Å²) < 4.78 is 1.89. The van der Waals surface area contributed by atoms with E-state index in [0.29, 0.717) is 22.7 Å². The van der Waals surface area contributed by atoms with Crippen molar-refractivity contribution < 1.29 is 4.79 Å². The third-order valence-electron chi connectivity index (χ3n) is 4.52. The van der Waals surface area contributed by atoms with Crippen LogP contribution in [0.1, 0.15) is 24.0 Å². The van der Waals surface area contributed by atoms with Gasteiger partial charge in [-0.2, -0.15) is 5.26 Å². The summed E-state index contributed by atoms with van der Waals surface area (Å²) in [6.07, 6.45) is 3.56. The average molecular weight is 346 g/mol. The van der Waals surface area contributed by atoms with E-state index in [1.807, 2.05) is 36.7 Å². The molecule has 1 aromatic carbocycles. The molecule has 0 spiro atoms. The summed E-state index contributed by atoms with van der Waals surface area (Å²) in [6, 6.07) is 9.46. The minimum Gasteiger partial charge on any atom is -0.340 e. The maximum atomic E-state index is 12.2. The van der Waals surface area contributed by atoms with Crippen LogP contribution < -0.4 is 10.6 Å². The normalized spacial score (nSPS) is 13.4. The van der Waals surface area contributed by atoms with Crippen molar-refractivity contribution >= 4 is 34.3 Å². The number of hydrogen-bond donors (Lipinski definition) is 2. The number of nitrogens with zero attached hydrogens (tertiary/aromatic N) is 4. The summed E-state index contributed by atoms with van der Waals surface area (Å²) in [7, 11) is 1.90. The van der Waals surface area contributed by atoms with E-state index in [1.165, 1.54) is 0 Å². The number of nitrogens with one attached hydrogen (secondary N) is 2. The summed E-state index contributed by atoms with van der Waals surface area (Å²) in [5.74, 6) is 1.16. The molecule has 130 valence electrons. The van der Waals surface area contributed by atoms with Crippen LogP contribution in [0.3, 0.4) is 0 Å². The van der Waals surface area contributed by atoms with Gasteiger partial charge in [-0.25, -0.2) is 9.97 Å². The molecule has 1 aliphatic rings. The highest BCUT2D eigenvalue weighted by Crippen LogP contribution is 2.32. The van der Waals surface area contributed by atoms with E-state index < -0.39 is 0 Å². The molecule has 1 fully saturated rings. The average Bonchev–Trinajstić information content (AvgIpc) is 3.41. The fraction of sp³-hybridized carbons (Fsp3) is 0.263. The molecule has 3 aromatic rings. The fourth-order valence-electron chi connectivity index (χ4n) is 2.85. The number of amides is 1. The molecule has 2 aromatic heterocycles. The van der Waals surface area contributed by atoms with Gasteiger partial charge in [-0.1, -0.05) is 0 Å². The third kappa shape index (κ3) is 2.97. The Kier molecular flexibility index (Phi) is 3.81. The Bertz CT molecular complexity index is 1060. The maximum absolute atomic E-state index is 12.2. The lowest BCUT2D eigenvalue weighted by molar-refractivity contribution is -0.117. The number of rotatable bonds is 4. The number of hydrogen-bond acceptors (Lipinski definition) is 5. The zero-order valence-corrected chi connectivity index (χ0v) is 14.6. The summed E-state index contributed by atoms with van der Waals surface area (Å²) in [5.41, 5.74) is 3.96. The lowest BCUT2D eigenvalue weighted by Gasteiger charge is -2.12. The van der Waals surface area contributed by atoms with Gasteiger partial charge in [0, 0.05) is 24.7 Å². The van der Waals surface area contributed by atoms with Crippen LogP contribution in [0.4, 0.5) is 17.3 Å². The minimum absolute atomic E-state index is 0.00356. The second kappa shape index (κ2) is 6.15. The number of aryl methyl sites for hydroxylation is 2. The number of nitriles is 1. The van der Waals surface area contributed by atoms with Gasteiger partial charge in [0.15, 0.2) is 5.82 Å². The fourth-order valence-corrected chi connectivity index (χ4v) is 2.85. The van der Waals surface area contributed by atoms with Crippen molar-refractivity contribution in [2.45, 2.75) is 19.8 Å². The molecule has 26 heavy (non-hydrogen) atoms. The number of anilines is 3. The van der Waals surface area contributed by atoms with Crippen molar-refractivity contribution in [1.82, 2.24) is 14.5 Å². The quantitative estimate of drug-likeness (QED) is 0.756. The van der Waals surface area contributed by atoms with Crippen molar-refractivity contribution in [1.29, 1.82) is 5.26 Å². The second-order valence-corrected chi connectivity index (χ2v) is 6.61. The molecule has 4 rings (SSSR count). The lowest BCUT2D eigenvalue weighted by Crippen LogP contribution is -2.15. The molecule has 0 saturated heterocycles. The Morgan fingerprint density at radius 3 is 2.85 bits per heavy atom. The van der Waals surface area contributed by atoms with Crippen LogP contribution in [0, 0.1) is 24.2 Å². The van der Waals surface area contributed by atoms with Gasteiger partial charge in [-0.05, 0) is 43.5 Å². The van der Waals surface area contributed by atoms with Crippen molar-refractivity contribution in [3.63, 3.8) is 0 Å². The second-order valence-electron chi connectivity index (χ2n) is 6.61. The summed E-state index contributed by atoms with van der Waals surface area (Å²) in [6.45, 7) is 1.93. The van der Waals surface area contributed by atoms with Crippen molar-refractivity contribution in [3.05, 3.63) is 41.7 Å². The predicted molar refractivity (Wildman–Crippen MR) is 99.0 cm³/mol. The number of benzene rings is 1. The van der Waals surface area contributed by atoms with Gasteiger partial charge >= 0.3 is 0 Å². The van der Waals surface area contributed by atoms with E-state index in [9.17, 15) is 4.79 Å². The molecule has 1 amide bonds. The third-order valence-corrected chi connectivity index (χ3v) is 4.52. The summed E-state index contributed by atoms with van der Waals surface area (Å²) in [4.78, 5) is 21.1. The van der Waals surface area contributed by atoms with E-state index in [2.05, 4.69) is 26.7 Å². The Hall–Kier alpha value is -3.40. The van der Waals surface area contributed by atoms with Crippen LogP contribution in [0.25, 0.3) is 11.0 Å². The SMILES string of the molecule is Cc1cc(C#N)ccc1Nc1cc2c(ncn2C)c(NC(=O)C2CC2)n1. The van der Waals surface area contributed by atoms with E-state index in [1.54, 1.807) is 12.4 Å². The number of carbonyl (C=O) groups excluding carboxylic acids is 1. The van der Waals surface area contributed by atoms with Crippen molar-refractivity contribution in [2.24, 2.45) is 13.0 Å². The summed E-state index contributed by atoms with van der Waals surface area (Å²) in [5, 5.41) is 15.2. The Morgan fingerprint density at radius 1 is 1.35 bits per heavy atom. The van der Waals surface area contributed by atoms with E-state index in [0.717, 1.165) is 29.6 Å². The zero-order chi connectivity index (χ0) is 18.3. The Balaban J connectivity index is 1.71. The monoisotopic (exact) mass is 346 g/mol. The molecule has 0 bridgehead atoms. The van der Waals surface area contributed by atoms with E-state index in [-0.39, 0.29) is 11.8 Å². The Morgan fingerprint density at radius 2 is 2.15 bits per heavy atom. The molecule has 7 nitrogen and oxygen atoms in total. The highest BCUT2D eigenvalue weighted by molar-refractivity contribution is 6.00. The highest BCUT2D eigenvalue weighted by Gasteiger charge is 2.30. The first kappa shape index (κ1) is 16.1. The molecule has 0 unspecified atom stereocenters. The van der Waals surface area contributed by atoms with Gasteiger partial charge in [0.1, 0.15) is 11.3 Å². The van der Waals surface area contributed by atoms with Gasteiger partial charge in [0.2, 0.25) is 5.91 Å². The largest absolute Gasteiger partial charge is 0.340 e. The number of fused-ring (bicyclic) bond motifs is 1. The van der Waals surface area contributed by atoms with Gasteiger partial charge in [-0.3, -0.25) is 4.79 Å². The zero-order valence-electron chi connectivity index (χ0n) is 14.6. The van der Waals surface area contributed by atoms with Gasteiger partial charge in [-0.15, -0.1) is 0 Å². The molecule has 7 heteroatoms. The molecule has 1 aliphatic carbocycles. The lowest BCUT2D eigenvalue weighted by atomic mass is 10.1. The van der Waals surface area contributed by atoms with Crippen LogP contribution >= 0.6 is 0 Å². The molecular weight excluding hydrogens is 328 g/mol.